The van der Waals surface area contributed by atoms with E-state index in [0.29, 0.717) is 6.54 Å². The van der Waals surface area contributed by atoms with Gasteiger partial charge < -0.3 is 4.57 Å². The number of halogens is 3. The average molecular weight is 476 g/mol. The number of rotatable bonds is 6. The molecule has 0 unspecified atom stereocenters. The van der Waals surface area contributed by atoms with Crippen LogP contribution in [0.4, 0.5) is 13.2 Å². The van der Waals surface area contributed by atoms with Gasteiger partial charge in [-0.15, -0.1) is 0 Å². The van der Waals surface area contributed by atoms with Crippen LogP contribution in [0.2, 0.25) is 0 Å². The number of benzene rings is 3. The summed E-state index contributed by atoms with van der Waals surface area (Å²) >= 11 is 0. The van der Waals surface area contributed by atoms with Crippen molar-refractivity contribution in [1.82, 2.24) is 14.4 Å². The van der Waals surface area contributed by atoms with Crippen LogP contribution in [-0.2, 0) is 12.7 Å². The molecule has 1 aromatic heterocycles. The smallest absolute Gasteiger partial charge is 0.319 e. The van der Waals surface area contributed by atoms with E-state index in [2.05, 4.69) is 58.3 Å². The highest BCUT2D eigenvalue weighted by molar-refractivity contribution is 5.44. The van der Waals surface area contributed by atoms with Gasteiger partial charge >= 0.3 is 6.18 Å². The van der Waals surface area contributed by atoms with Crippen molar-refractivity contribution in [2.24, 2.45) is 0 Å². The predicted octanol–water partition coefficient (Wildman–Crippen LogP) is 6.40. The molecule has 3 nitrogen and oxygen atoms in total. The van der Waals surface area contributed by atoms with Gasteiger partial charge in [-0.2, -0.15) is 13.2 Å². The number of hydrogen-bond donors (Lipinski definition) is 0. The third kappa shape index (κ3) is 5.19. The third-order valence-corrected chi connectivity index (χ3v) is 6.69. The molecule has 1 aliphatic rings. The summed E-state index contributed by atoms with van der Waals surface area (Å²) in [5.74, 6) is 0. The lowest BCUT2D eigenvalue weighted by Crippen LogP contribution is -2.47. The molecule has 2 heterocycles. The lowest BCUT2D eigenvalue weighted by atomic mass is 9.96. The Hall–Kier alpha value is -3.35. The van der Waals surface area contributed by atoms with Crippen LogP contribution in [-0.4, -0.2) is 40.5 Å². The number of hydrogen-bond acceptors (Lipinski definition) is 2. The van der Waals surface area contributed by atoms with E-state index < -0.39 is 11.7 Å². The molecule has 0 atom stereocenters. The maximum Gasteiger partial charge on any atom is 0.418 e. The van der Waals surface area contributed by atoms with E-state index >= 15 is 0 Å². The molecule has 0 aliphatic carbocycles. The van der Waals surface area contributed by atoms with Crippen LogP contribution in [0.15, 0.2) is 103 Å². The van der Waals surface area contributed by atoms with Gasteiger partial charge in [-0.3, -0.25) is 9.80 Å². The van der Waals surface area contributed by atoms with Crippen molar-refractivity contribution in [3.63, 3.8) is 0 Å². The number of nitrogens with zero attached hydrogens (tertiary/aromatic N) is 3. The fourth-order valence-electron chi connectivity index (χ4n) is 5.00. The minimum absolute atomic E-state index is 0.173. The first-order valence-corrected chi connectivity index (χ1v) is 11.9. The molecule has 35 heavy (non-hydrogen) atoms. The molecule has 5 rings (SSSR count). The Morgan fingerprint density at radius 2 is 1.23 bits per heavy atom. The normalized spacial score (nSPS) is 15.5. The summed E-state index contributed by atoms with van der Waals surface area (Å²) in [4.78, 5) is 4.82. The van der Waals surface area contributed by atoms with Crippen LogP contribution in [0.25, 0.3) is 5.69 Å². The van der Waals surface area contributed by atoms with Gasteiger partial charge in [-0.1, -0.05) is 72.8 Å². The quantitative estimate of drug-likeness (QED) is 0.320. The van der Waals surface area contributed by atoms with Crippen LogP contribution in [0, 0.1) is 0 Å². The summed E-state index contributed by atoms with van der Waals surface area (Å²) in [6.45, 7) is 4.07. The zero-order valence-corrected chi connectivity index (χ0v) is 19.4. The van der Waals surface area contributed by atoms with Crippen molar-refractivity contribution in [2.75, 3.05) is 26.2 Å². The molecule has 0 amide bonds. The minimum Gasteiger partial charge on any atom is -0.319 e. The van der Waals surface area contributed by atoms with Gasteiger partial charge in [0.25, 0.3) is 0 Å². The first-order chi connectivity index (χ1) is 17.0. The topological polar surface area (TPSA) is 11.4 Å². The van der Waals surface area contributed by atoms with Gasteiger partial charge in [-0.05, 0) is 35.4 Å². The Labute approximate surface area is 204 Å². The monoisotopic (exact) mass is 475 g/mol. The number of aromatic nitrogens is 1. The Kier molecular flexibility index (Phi) is 6.75. The molecule has 6 heteroatoms. The highest BCUT2D eigenvalue weighted by Gasteiger charge is 2.34. The molecule has 0 bridgehead atoms. The average Bonchev–Trinajstić information content (AvgIpc) is 3.34. The lowest BCUT2D eigenvalue weighted by Gasteiger charge is -2.40. The molecule has 3 aromatic carbocycles. The molecule has 0 spiro atoms. The first-order valence-electron chi connectivity index (χ1n) is 11.9. The largest absolute Gasteiger partial charge is 0.418 e. The van der Waals surface area contributed by atoms with Crippen molar-refractivity contribution in [3.8, 4) is 5.69 Å². The minimum atomic E-state index is -4.40. The van der Waals surface area contributed by atoms with Crippen molar-refractivity contribution in [1.29, 1.82) is 0 Å². The maximum atomic E-state index is 13.6. The summed E-state index contributed by atoms with van der Waals surface area (Å²) in [6, 6.07) is 30.8. The molecular formula is C29H28F3N3. The fraction of sp³-hybridized carbons (Fsp3) is 0.241. The lowest BCUT2D eigenvalue weighted by molar-refractivity contribution is -0.137. The van der Waals surface area contributed by atoms with E-state index in [1.807, 2.05) is 24.3 Å². The summed E-state index contributed by atoms with van der Waals surface area (Å²) in [7, 11) is 0. The number of piperazine rings is 1. The second-order valence-electron chi connectivity index (χ2n) is 8.92. The van der Waals surface area contributed by atoms with E-state index in [-0.39, 0.29) is 11.7 Å². The highest BCUT2D eigenvalue weighted by Crippen LogP contribution is 2.34. The van der Waals surface area contributed by atoms with Crippen molar-refractivity contribution >= 4 is 0 Å². The summed E-state index contributed by atoms with van der Waals surface area (Å²) in [6.07, 6.45) is -2.68. The summed E-state index contributed by atoms with van der Waals surface area (Å²) in [5, 5.41) is 0. The van der Waals surface area contributed by atoms with Crippen molar-refractivity contribution in [2.45, 2.75) is 18.8 Å². The molecule has 4 aromatic rings. The van der Waals surface area contributed by atoms with E-state index in [9.17, 15) is 13.2 Å². The Balaban J connectivity index is 1.32. The number of para-hydroxylation sites is 1. The van der Waals surface area contributed by atoms with Gasteiger partial charge in [0.2, 0.25) is 0 Å². The molecule has 0 saturated carbocycles. The number of alkyl halides is 3. The maximum absolute atomic E-state index is 13.6. The zero-order valence-electron chi connectivity index (χ0n) is 19.4. The van der Waals surface area contributed by atoms with Gasteiger partial charge in [0.05, 0.1) is 17.3 Å². The second kappa shape index (κ2) is 10.1. The summed E-state index contributed by atoms with van der Waals surface area (Å²) < 4.78 is 42.5. The van der Waals surface area contributed by atoms with Gasteiger partial charge in [-0.25, -0.2) is 0 Å². The van der Waals surface area contributed by atoms with Crippen LogP contribution in [0.1, 0.15) is 28.4 Å². The summed E-state index contributed by atoms with van der Waals surface area (Å²) in [5.41, 5.74) is 2.95. The van der Waals surface area contributed by atoms with Crippen LogP contribution in [0.3, 0.4) is 0 Å². The molecule has 1 aliphatic heterocycles. The van der Waals surface area contributed by atoms with Crippen molar-refractivity contribution in [3.05, 3.63) is 126 Å². The Bertz CT molecular complexity index is 1190. The molecule has 180 valence electrons. The van der Waals surface area contributed by atoms with Gasteiger partial charge in [0, 0.05) is 44.6 Å². The Morgan fingerprint density at radius 1 is 0.657 bits per heavy atom. The molecular weight excluding hydrogens is 447 g/mol. The highest BCUT2D eigenvalue weighted by atomic mass is 19.4. The van der Waals surface area contributed by atoms with Gasteiger partial charge in [0.15, 0.2) is 0 Å². The van der Waals surface area contributed by atoms with E-state index in [1.165, 1.54) is 23.3 Å². The van der Waals surface area contributed by atoms with E-state index in [1.54, 1.807) is 16.8 Å². The molecule has 1 fully saturated rings. The first kappa shape index (κ1) is 23.4. The standard InChI is InChI=1S/C29H28F3N3/c30-29(31,32)26-15-7-8-16-27(26)35-17-9-14-25(35)22-33-18-20-34(21-19-33)28(23-10-3-1-4-11-23)24-12-5-2-6-13-24/h1-17,28H,18-22H2. The fourth-order valence-corrected chi connectivity index (χ4v) is 5.00. The van der Waals surface area contributed by atoms with Crippen LogP contribution >= 0.6 is 0 Å². The third-order valence-electron chi connectivity index (χ3n) is 6.69. The van der Waals surface area contributed by atoms with E-state index in [0.717, 1.165) is 37.9 Å². The SMILES string of the molecule is FC(F)(F)c1ccccc1-n1cccc1CN1CCN(C(c2ccccc2)c2ccccc2)CC1. The zero-order chi connectivity index (χ0) is 24.3. The Morgan fingerprint density at radius 3 is 1.83 bits per heavy atom. The van der Waals surface area contributed by atoms with Crippen LogP contribution < -0.4 is 0 Å². The van der Waals surface area contributed by atoms with E-state index in [4.69, 9.17) is 0 Å². The second-order valence-corrected chi connectivity index (χ2v) is 8.92. The molecule has 0 N–H and O–H groups in total. The van der Waals surface area contributed by atoms with Gasteiger partial charge in [0.1, 0.15) is 0 Å². The van der Waals surface area contributed by atoms with Crippen LogP contribution in [0.5, 0.6) is 0 Å². The molecule has 0 radical (unpaired) electrons. The predicted molar refractivity (Wildman–Crippen MR) is 132 cm³/mol. The molecule has 1 saturated heterocycles. The van der Waals surface area contributed by atoms with Crippen molar-refractivity contribution < 1.29 is 13.2 Å².